The number of rotatable bonds is 1. The molecule has 0 saturated heterocycles. The standard InChI is InChI=1S/5HI.5O.2Ta/h5*1H;;;;;;;/q;;;;;;;;;;;+5/p-5. The molecule has 0 fully saturated rings. The Bertz CT molecular complexity index is 573. The van der Waals surface area contributed by atoms with Crippen molar-refractivity contribution in [1.82, 2.24) is 0 Å². The fourth-order valence-electron chi connectivity index (χ4n) is 0. The van der Waals surface area contributed by atoms with Crippen molar-refractivity contribution in [3.63, 3.8) is 0 Å². The van der Waals surface area contributed by atoms with Crippen LogP contribution in [-0.4, -0.2) is 0 Å². The molecule has 0 rings (SSSR count). The van der Waals surface area contributed by atoms with E-state index in [1.807, 2.05) is 0 Å². The van der Waals surface area contributed by atoms with Gasteiger partial charge in [0.2, 0.25) is 0 Å². The fourth-order valence-corrected chi connectivity index (χ4v) is 0. The van der Waals surface area contributed by atoms with Crippen LogP contribution in [0.3, 0.4) is 0 Å². The first-order valence-electron chi connectivity index (χ1n) is 1.96. The van der Waals surface area contributed by atoms with Gasteiger partial charge >= 0.3 is 114 Å². The quantitative estimate of drug-likeness (QED) is 0.374. The average Bonchev–Trinajstić information content (AvgIpc) is 1.04. The molecule has 0 N–H and O–H groups in total. The minimum atomic E-state index is -9.20. The van der Waals surface area contributed by atoms with Crippen LogP contribution in [0.4, 0.5) is 0 Å². The Hall–Kier alpha value is 4.13. The van der Waals surface area contributed by atoms with Crippen LogP contribution < -0.4 is 0 Å². The van der Waals surface area contributed by atoms with Gasteiger partial charge in [-0.15, -0.1) is 0 Å². The van der Waals surface area contributed by atoms with Gasteiger partial charge in [-0.3, -0.25) is 0 Å². The first-order valence-corrected chi connectivity index (χ1v) is 67.3. The summed E-state index contributed by atoms with van der Waals surface area (Å²) in [4.78, 5) is 0. The Morgan fingerprint density at radius 2 is 0.667 bits per heavy atom. The molecule has 0 atom stereocenters. The van der Waals surface area contributed by atoms with Crippen LogP contribution in [0.5, 0.6) is 0 Å². The molecule has 12 heteroatoms. The van der Waals surface area contributed by atoms with Crippen LogP contribution >= 0.6 is 95.1 Å². The predicted octanol–water partition coefficient (Wildman–Crippen LogP) is 3.83. The van der Waals surface area contributed by atoms with E-state index in [1.54, 1.807) is 0 Å². The zero-order valence-electron chi connectivity index (χ0n) is 4.83. The second kappa shape index (κ2) is 2.59. The van der Waals surface area contributed by atoms with Gasteiger partial charge in [0.1, 0.15) is 0 Å². The van der Waals surface area contributed by atoms with Gasteiger partial charge in [-0.25, -0.2) is 0 Å². The van der Waals surface area contributed by atoms with Crippen molar-refractivity contribution in [3.8, 4) is 0 Å². The van der Waals surface area contributed by atoms with Gasteiger partial charge in [-0.1, -0.05) is 0 Å². The summed E-state index contributed by atoms with van der Waals surface area (Å²) in [6, 6.07) is 0. The molecule has 0 bridgehead atoms. The molecule has 0 spiro atoms. The van der Waals surface area contributed by atoms with E-state index in [9.17, 15) is 16.3 Å². The van der Waals surface area contributed by atoms with Crippen molar-refractivity contribution >= 4 is 95.1 Å². The second-order valence-electron chi connectivity index (χ2n) is 2.17. The molecule has 0 radical (unpaired) electrons. The first kappa shape index (κ1) is 16.1. The topological polar surface area (TPSA) is 85.3 Å². The zero-order chi connectivity index (χ0) is 10.8. The molecule has 0 heterocycles. The summed E-state index contributed by atoms with van der Waals surface area (Å²) in [5.74, 6) is 0. The summed E-state index contributed by atoms with van der Waals surface area (Å²) in [7, 11) is -9.20. The monoisotopic (exact) mass is 1080 g/mol. The predicted molar refractivity (Wildman–Crippen MR) is 73.5 cm³/mol. The first-order chi connectivity index (χ1) is 4.25. The van der Waals surface area contributed by atoms with Gasteiger partial charge < -0.3 is 0 Å². The van der Waals surface area contributed by atoms with Gasteiger partial charge in [-0.2, -0.15) is 0 Å². The second-order valence-corrected chi connectivity index (χ2v) is 439. The maximum atomic E-state index is 11.0. The summed E-state index contributed by atoms with van der Waals surface area (Å²) in [6.45, 7) is 0. The van der Waals surface area contributed by atoms with E-state index >= 15 is 0 Å². The summed E-state index contributed by atoms with van der Waals surface area (Å²) in [5.41, 5.74) is 0. The van der Waals surface area contributed by atoms with Crippen LogP contribution in [0.2, 0.25) is 0 Å². The summed E-state index contributed by atoms with van der Waals surface area (Å²) in [6.07, 6.45) is 0. The number of halogens is 5. The van der Waals surface area contributed by atoms with Crippen molar-refractivity contribution in [2.75, 3.05) is 0 Å². The number of hydrogen-bond donors (Lipinski definition) is 0. The van der Waals surface area contributed by atoms with E-state index in [4.69, 9.17) is 0 Å². The Balaban J connectivity index is 7.38. The van der Waals surface area contributed by atoms with Gasteiger partial charge in [0.25, 0.3) is 0 Å². The molecule has 0 amide bonds. The molecule has 0 aromatic carbocycles. The molecule has 0 unspecified atom stereocenters. The third-order valence-electron chi connectivity index (χ3n) is 0.772. The molecule has 0 aliphatic heterocycles. The summed E-state index contributed by atoms with van der Waals surface area (Å²) < 4.78 is 49.0. The molecule has 0 aliphatic rings. The van der Waals surface area contributed by atoms with E-state index in [0.29, 0.717) is 0 Å². The molecule has 0 aromatic heterocycles. The summed E-state index contributed by atoms with van der Waals surface area (Å²) in [5, 5.41) is 0. The van der Waals surface area contributed by atoms with Gasteiger partial charge in [0.15, 0.2) is 0 Å². The third-order valence-corrected chi connectivity index (χ3v) is 347. The molecule has 5 nitrogen and oxygen atoms in total. The van der Waals surface area contributed by atoms with E-state index in [2.05, 4.69) is 0 Å². The van der Waals surface area contributed by atoms with Crippen molar-refractivity contribution in [1.29, 1.82) is 0 Å². The fraction of sp³-hybridized carbons (Fsp3) is 0. The molecule has 0 aliphatic carbocycles. The van der Waals surface area contributed by atoms with Gasteiger partial charge in [0.05, 0.1) is 0 Å². The van der Waals surface area contributed by atoms with Crippen molar-refractivity contribution in [3.05, 3.63) is 0 Å². The summed E-state index contributed by atoms with van der Waals surface area (Å²) >= 11 is 6.33. The van der Waals surface area contributed by atoms with Crippen LogP contribution in [-0.2, 0) is 19.2 Å². The molecular weight excluding hydrogens is 1080 g/mol. The van der Waals surface area contributed by atoms with Crippen LogP contribution in [0.25, 0.3) is 0 Å². The normalized spacial score (nSPS) is 20.1. The molecule has 0 aromatic rings. The van der Waals surface area contributed by atoms with E-state index in [0.717, 1.165) is 0 Å². The van der Waals surface area contributed by atoms with Gasteiger partial charge in [-0.05, 0) is 0 Å². The zero-order valence-corrected chi connectivity index (χ0v) is 22.0. The Morgan fingerprint density at radius 3 is 0.667 bits per heavy atom. The van der Waals surface area contributed by atoms with Crippen molar-refractivity contribution in [2.45, 2.75) is 0 Å². The van der Waals surface area contributed by atoms with E-state index in [-0.39, 0.29) is 0 Å². The van der Waals surface area contributed by atoms with E-state index in [1.165, 1.54) is 95.1 Å². The maximum absolute atomic E-state index is 11.0. The SMILES string of the molecule is [O]=[Ta](=[O])(=[O])(=[O])(=[O])[Ta]([I])([I])([I])([I])[I]. The molecule has 0 saturated carbocycles. The number of hydrogen-bond acceptors (Lipinski definition) is 5. The van der Waals surface area contributed by atoms with Gasteiger partial charge in [0, 0.05) is 0 Å². The van der Waals surface area contributed by atoms with E-state index < -0.39 is 2.95 Å². The molecule has 12 heavy (non-hydrogen) atoms. The average molecular weight is 1080 g/mol. The van der Waals surface area contributed by atoms with Crippen LogP contribution in [0.1, 0.15) is 0 Å². The third kappa shape index (κ3) is 2.87. The van der Waals surface area contributed by atoms with Crippen molar-refractivity contribution < 1.29 is 19.2 Å². The molecular formula is I5O5Ta2. The molecule has 75 valence electrons. The Morgan fingerprint density at radius 1 is 0.583 bits per heavy atom. The Labute approximate surface area is 110 Å². The van der Waals surface area contributed by atoms with Crippen molar-refractivity contribution in [2.24, 2.45) is 0 Å². The van der Waals surface area contributed by atoms with Crippen LogP contribution in [0.15, 0.2) is 0 Å². The van der Waals surface area contributed by atoms with Crippen LogP contribution in [0, 0.1) is 0 Å². The Kier molecular flexibility index (Phi) is 3.49. The minimum absolute atomic E-state index is 1.27.